The van der Waals surface area contributed by atoms with Crippen molar-refractivity contribution in [1.82, 2.24) is 9.55 Å². The van der Waals surface area contributed by atoms with E-state index in [0.29, 0.717) is 5.03 Å². The van der Waals surface area contributed by atoms with Crippen LogP contribution >= 0.6 is 12.6 Å². The lowest BCUT2D eigenvalue weighted by Gasteiger charge is -1.77. The predicted octanol–water partition coefficient (Wildman–Crippen LogP) is 0.976. The Morgan fingerprint density at radius 1 is 1.86 bits per heavy atom. The van der Waals surface area contributed by atoms with Gasteiger partial charge in [0.1, 0.15) is 5.03 Å². The third kappa shape index (κ3) is 0.899. The second-order valence-electron chi connectivity index (χ2n) is 1.38. The van der Waals surface area contributed by atoms with E-state index in [9.17, 15) is 0 Å². The molecule has 0 aliphatic heterocycles. The Hall–Kier alpha value is -0.570. The normalized spacial score (nSPS) is 9.29. The molecule has 7 heavy (non-hydrogen) atoms. The first-order chi connectivity index (χ1) is 3.29. The maximum Gasteiger partial charge on any atom is 0.144 e. The van der Waals surface area contributed by atoms with Crippen LogP contribution in [0.25, 0.3) is 0 Å². The zero-order chi connectivity index (χ0) is 5.28. The minimum absolute atomic E-state index is 0.655. The van der Waals surface area contributed by atoms with Crippen molar-refractivity contribution in [3.63, 3.8) is 0 Å². The van der Waals surface area contributed by atoms with Crippen molar-refractivity contribution >= 4 is 12.6 Å². The SMILES string of the molecule is Cn1cnc([S])c1. The Morgan fingerprint density at radius 2 is 2.57 bits per heavy atom. The van der Waals surface area contributed by atoms with E-state index < -0.39 is 0 Å². The van der Waals surface area contributed by atoms with E-state index in [1.165, 1.54) is 0 Å². The minimum Gasteiger partial charge on any atom is -0.339 e. The number of nitrogens with zero attached hydrogens (tertiary/aromatic N) is 2. The highest BCUT2D eigenvalue weighted by atomic mass is 32.1. The Labute approximate surface area is 47.6 Å². The molecule has 0 N–H and O–H groups in total. The van der Waals surface area contributed by atoms with Crippen molar-refractivity contribution in [3.8, 4) is 0 Å². The molecule has 1 radical (unpaired) electrons. The van der Waals surface area contributed by atoms with Crippen molar-refractivity contribution in [2.45, 2.75) is 5.03 Å². The average molecular weight is 113 g/mol. The number of rotatable bonds is 0. The van der Waals surface area contributed by atoms with Gasteiger partial charge in [0.2, 0.25) is 0 Å². The molecule has 0 fully saturated rings. The minimum atomic E-state index is 0.655. The molecule has 0 spiro atoms. The van der Waals surface area contributed by atoms with Gasteiger partial charge < -0.3 is 4.57 Å². The molecule has 0 saturated heterocycles. The van der Waals surface area contributed by atoms with Crippen LogP contribution in [0.15, 0.2) is 17.6 Å². The number of aryl methyl sites for hydroxylation is 1. The van der Waals surface area contributed by atoms with E-state index in [1.807, 2.05) is 11.6 Å². The molecular weight excluding hydrogens is 108 g/mol. The lowest BCUT2D eigenvalue weighted by Crippen LogP contribution is -1.76. The Bertz CT molecular complexity index is 142. The summed E-state index contributed by atoms with van der Waals surface area (Å²) in [5, 5.41) is 0.655. The summed E-state index contributed by atoms with van der Waals surface area (Å²) in [6.07, 6.45) is 3.47. The van der Waals surface area contributed by atoms with Gasteiger partial charge in [-0.05, 0) is 0 Å². The van der Waals surface area contributed by atoms with Gasteiger partial charge >= 0.3 is 0 Å². The highest BCUT2D eigenvalue weighted by molar-refractivity contribution is 7.80. The Kier molecular flexibility index (Phi) is 0.982. The zero-order valence-electron chi connectivity index (χ0n) is 3.96. The van der Waals surface area contributed by atoms with Gasteiger partial charge in [-0.1, -0.05) is 12.6 Å². The lowest BCUT2D eigenvalue weighted by atomic mass is 10.9. The standard InChI is InChI=1S/C4H5N2S/c1-6-2-4(7)5-3-6/h2-3H,1H3. The first-order valence-electron chi connectivity index (χ1n) is 1.94. The molecule has 0 saturated carbocycles. The molecule has 1 aromatic heterocycles. The van der Waals surface area contributed by atoms with Crippen LogP contribution < -0.4 is 0 Å². The van der Waals surface area contributed by atoms with Crippen LogP contribution in [0.3, 0.4) is 0 Å². The summed E-state index contributed by atoms with van der Waals surface area (Å²) in [7, 11) is 1.89. The second-order valence-corrected chi connectivity index (χ2v) is 1.80. The summed E-state index contributed by atoms with van der Waals surface area (Å²) in [6.45, 7) is 0. The van der Waals surface area contributed by atoms with E-state index in [1.54, 1.807) is 12.5 Å². The van der Waals surface area contributed by atoms with Gasteiger partial charge in [-0.15, -0.1) is 0 Å². The molecule has 0 bridgehead atoms. The van der Waals surface area contributed by atoms with E-state index in [4.69, 9.17) is 12.6 Å². The maximum absolute atomic E-state index is 4.70. The predicted molar refractivity (Wildman–Crippen MR) is 29.1 cm³/mol. The zero-order valence-corrected chi connectivity index (χ0v) is 4.77. The Balaban J connectivity index is 3.04. The quantitative estimate of drug-likeness (QED) is 0.490. The smallest absolute Gasteiger partial charge is 0.144 e. The van der Waals surface area contributed by atoms with Gasteiger partial charge in [0.25, 0.3) is 0 Å². The van der Waals surface area contributed by atoms with Crippen molar-refractivity contribution in [1.29, 1.82) is 0 Å². The number of aromatic nitrogens is 2. The molecule has 0 unspecified atom stereocenters. The summed E-state index contributed by atoms with van der Waals surface area (Å²) in [4.78, 5) is 3.79. The van der Waals surface area contributed by atoms with E-state index in [-0.39, 0.29) is 0 Å². The third-order valence-electron chi connectivity index (χ3n) is 0.681. The average Bonchev–Trinajstić information content (AvgIpc) is 1.87. The van der Waals surface area contributed by atoms with E-state index in [2.05, 4.69) is 4.98 Å². The molecule has 0 aliphatic rings. The van der Waals surface area contributed by atoms with Gasteiger partial charge in [0.05, 0.1) is 6.33 Å². The fourth-order valence-electron chi connectivity index (χ4n) is 0.389. The summed E-state index contributed by atoms with van der Waals surface area (Å²) in [5.41, 5.74) is 0. The Morgan fingerprint density at radius 3 is 2.71 bits per heavy atom. The van der Waals surface area contributed by atoms with Crippen molar-refractivity contribution in [2.24, 2.45) is 7.05 Å². The summed E-state index contributed by atoms with van der Waals surface area (Å²) >= 11 is 4.70. The molecule has 2 nitrogen and oxygen atoms in total. The molecule has 0 aliphatic carbocycles. The topological polar surface area (TPSA) is 17.8 Å². The van der Waals surface area contributed by atoms with Gasteiger partial charge in [0, 0.05) is 13.2 Å². The fourth-order valence-corrected chi connectivity index (χ4v) is 0.602. The molecular formula is C4H5N2S. The van der Waals surface area contributed by atoms with Crippen LogP contribution in [0.4, 0.5) is 0 Å². The van der Waals surface area contributed by atoms with E-state index in [0.717, 1.165) is 0 Å². The van der Waals surface area contributed by atoms with Crippen LogP contribution in [0.1, 0.15) is 0 Å². The highest BCUT2D eigenvalue weighted by Crippen LogP contribution is 1.96. The monoisotopic (exact) mass is 113 g/mol. The molecule has 1 aromatic rings. The van der Waals surface area contributed by atoms with Gasteiger partial charge in [0.15, 0.2) is 0 Å². The number of hydrogen-bond donors (Lipinski definition) is 0. The molecule has 3 heteroatoms. The molecule has 1 rings (SSSR count). The van der Waals surface area contributed by atoms with Crippen molar-refractivity contribution in [3.05, 3.63) is 12.5 Å². The van der Waals surface area contributed by atoms with Crippen LogP contribution in [0.2, 0.25) is 0 Å². The largest absolute Gasteiger partial charge is 0.339 e. The number of imidazole rings is 1. The second kappa shape index (κ2) is 1.50. The van der Waals surface area contributed by atoms with Crippen LogP contribution in [0.5, 0.6) is 0 Å². The van der Waals surface area contributed by atoms with Crippen molar-refractivity contribution < 1.29 is 0 Å². The number of hydrogen-bond acceptors (Lipinski definition) is 1. The molecule has 0 aromatic carbocycles. The third-order valence-corrected chi connectivity index (χ3v) is 0.892. The van der Waals surface area contributed by atoms with E-state index >= 15 is 0 Å². The molecule has 0 amide bonds. The molecule has 0 atom stereocenters. The summed E-state index contributed by atoms with van der Waals surface area (Å²) < 4.78 is 1.82. The summed E-state index contributed by atoms with van der Waals surface area (Å²) in [5.74, 6) is 0. The van der Waals surface area contributed by atoms with Crippen LogP contribution in [-0.2, 0) is 7.05 Å². The van der Waals surface area contributed by atoms with Crippen molar-refractivity contribution in [2.75, 3.05) is 0 Å². The van der Waals surface area contributed by atoms with Gasteiger partial charge in [-0.3, -0.25) is 0 Å². The van der Waals surface area contributed by atoms with Gasteiger partial charge in [-0.25, -0.2) is 4.98 Å². The fraction of sp³-hybridized carbons (Fsp3) is 0.250. The molecule has 37 valence electrons. The highest BCUT2D eigenvalue weighted by Gasteiger charge is 1.84. The first kappa shape index (κ1) is 4.59. The van der Waals surface area contributed by atoms with Crippen LogP contribution in [0, 0.1) is 0 Å². The van der Waals surface area contributed by atoms with Crippen LogP contribution in [-0.4, -0.2) is 9.55 Å². The maximum atomic E-state index is 4.70. The lowest BCUT2D eigenvalue weighted by molar-refractivity contribution is 0.912. The molecule has 1 heterocycles. The van der Waals surface area contributed by atoms with Gasteiger partial charge in [-0.2, -0.15) is 0 Å². The summed E-state index contributed by atoms with van der Waals surface area (Å²) in [6, 6.07) is 0. The first-order valence-corrected chi connectivity index (χ1v) is 2.35.